The van der Waals surface area contributed by atoms with Crippen LogP contribution in [0.4, 0.5) is 5.82 Å². The van der Waals surface area contributed by atoms with Crippen LogP contribution < -0.4 is 4.90 Å². The Labute approximate surface area is 165 Å². The largest absolute Gasteiger partial charge is 0.353 e. The van der Waals surface area contributed by atoms with E-state index in [4.69, 9.17) is 0 Å². The van der Waals surface area contributed by atoms with Crippen molar-refractivity contribution in [3.05, 3.63) is 59.4 Å². The van der Waals surface area contributed by atoms with E-state index in [0.29, 0.717) is 6.42 Å². The van der Waals surface area contributed by atoms with Gasteiger partial charge < -0.3 is 14.4 Å². The molecule has 0 radical (unpaired) electrons. The van der Waals surface area contributed by atoms with Crippen molar-refractivity contribution in [2.75, 3.05) is 31.1 Å². The second-order valence-corrected chi connectivity index (χ2v) is 8.00. The first-order valence-electron chi connectivity index (χ1n) is 10.2. The number of benzene rings is 1. The third-order valence-corrected chi connectivity index (χ3v) is 6.11. The standard InChI is InChI=1S/C23H26N4O/c1-17-7-8-24-21(14-17)25-10-12-26(13-11-25)22(28)15-19-16-27-9-3-5-18-4-2-6-20(19)23(18)27/h2,4,6-8,14,16H,3,5,9-13,15H2,1H3. The number of hydrogen-bond acceptors (Lipinski definition) is 3. The summed E-state index contributed by atoms with van der Waals surface area (Å²) in [5.41, 5.74) is 5.15. The Morgan fingerprint density at radius 1 is 1.11 bits per heavy atom. The molecule has 5 rings (SSSR count). The van der Waals surface area contributed by atoms with Crippen LogP contribution in [-0.2, 0) is 24.2 Å². The first-order valence-corrected chi connectivity index (χ1v) is 10.2. The molecular formula is C23H26N4O. The minimum atomic E-state index is 0.237. The average Bonchev–Trinajstić information content (AvgIpc) is 3.08. The summed E-state index contributed by atoms with van der Waals surface area (Å²) in [5.74, 6) is 1.25. The fraction of sp³-hybridized carbons (Fsp3) is 0.391. The molecule has 144 valence electrons. The molecule has 4 heterocycles. The number of anilines is 1. The van der Waals surface area contributed by atoms with Crippen molar-refractivity contribution in [2.24, 2.45) is 0 Å². The normalized spacial score (nSPS) is 16.6. The topological polar surface area (TPSA) is 41.4 Å². The third kappa shape index (κ3) is 3.05. The van der Waals surface area contributed by atoms with Crippen LogP contribution in [0.15, 0.2) is 42.7 Å². The minimum Gasteiger partial charge on any atom is -0.353 e. The Bertz CT molecular complexity index is 1030. The molecule has 2 aromatic heterocycles. The van der Waals surface area contributed by atoms with Gasteiger partial charge in [-0.25, -0.2) is 4.98 Å². The summed E-state index contributed by atoms with van der Waals surface area (Å²) in [6.07, 6.45) is 6.89. The van der Waals surface area contributed by atoms with Crippen LogP contribution >= 0.6 is 0 Å². The van der Waals surface area contributed by atoms with E-state index in [1.165, 1.54) is 34.0 Å². The number of pyridine rings is 1. The lowest BCUT2D eigenvalue weighted by atomic mass is 10.0. The zero-order valence-electron chi connectivity index (χ0n) is 16.4. The van der Waals surface area contributed by atoms with Crippen LogP contribution in [0.25, 0.3) is 10.9 Å². The Morgan fingerprint density at radius 3 is 2.79 bits per heavy atom. The van der Waals surface area contributed by atoms with E-state index in [2.05, 4.69) is 51.8 Å². The van der Waals surface area contributed by atoms with Crippen LogP contribution in [0.1, 0.15) is 23.1 Å². The van der Waals surface area contributed by atoms with Crippen molar-refractivity contribution in [1.82, 2.24) is 14.5 Å². The second-order valence-electron chi connectivity index (χ2n) is 8.00. The number of para-hydroxylation sites is 1. The maximum Gasteiger partial charge on any atom is 0.227 e. The van der Waals surface area contributed by atoms with E-state index in [-0.39, 0.29) is 5.91 Å². The molecule has 0 spiro atoms. The Morgan fingerprint density at radius 2 is 1.96 bits per heavy atom. The van der Waals surface area contributed by atoms with Crippen molar-refractivity contribution in [3.63, 3.8) is 0 Å². The van der Waals surface area contributed by atoms with Crippen molar-refractivity contribution in [1.29, 1.82) is 0 Å². The van der Waals surface area contributed by atoms with Crippen LogP contribution in [0.3, 0.4) is 0 Å². The molecule has 0 atom stereocenters. The van der Waals surface area contributed by atoms with Crippen molar-refractivity contribution in [2.45, 2.75) is 32.7 Å². The quantitative estimate of drug-likeness (QED) is 0.707. The number of aryl methyl sites for hydroxylation is 3. The summed E-state index contributed by atoms with van der Waals surface area (Å²) in [7, 11) is 0. The zero-order chi connectivity index (χ0) is 19.1. The predicted molar refractivity (Wildman–Crippen MR) is 112 cm³/mol. The number of rotatable bonds is 3. The van der Waals surface area contributed by atoms with Gasteiger partial charge in [0.15, 0.2) is 0 Å². The highest BCUT2D eigenvalue weighted by atomic mass is 16.2. The second kappa shape index (κ2) is 6.97. The summed E-state index contributed by atoms with van der Waals surface area (Å²) in [4.78, 5) is 21.8. The molecule has 5 heteroatoms. The highest BCUT2D eigenvalue weighted by Gasteiger charge is 2.24. The smallest absolute Gasteiger partial charge is 0.227 e. The molecule has 1 amide bonds. The maximum absolute atomic E-state index is 13.0. The van der Waals surface area contributed by atoms with Gasteiger partial charge >= 0.3 is 0 Å². The Hall–Kier alpha value is -2.82. The highest BCUT2D eigenvalue weighted by Crippen LogP contribution is 2.30. The van der Waals surface area contributed by atoms with E-state index < -0.39 is 0 Å². The van der Waals surface area contributed by atoms with Crippen molar-refractivity contribution >= 4 is 22.6 Å². The zero-order valence-corrected chi connectivity index (χ0v) is 16.4. The van der Waals surface area contributed by atoms with Gasteiger partial charge in [0.2, 0.25) is 5.91 Å². The lowest BCUT2D eigenvalue weighted by Gasteiger charge is -2.35. The molecule has 0 unspecified atom stereocenters. The molecule has 5 nitrogen and oxygen atoms in total. The molecule has 0 saturated carbocycles. The van der Waals surface area contributed by atoms with Gasteiger partial charge in [0.1, 0.15) is 5.82 Å². The summed E-state index contributed by atoms with van der Waals surface area (Å²) < 4.78 is 2.35. The molecule has 1 fully saturated rings. The predicted octanol–water partition coefficient (Wildman–Crippen LogP) is 3.18. The fourth-order valence-electron chi connectivity index (χ4n) is 4.62. The van der Waals surface area contributed by atoms with E-state index in [1.807, 2.05) is 17.2 Å². The maximum atomic E-state index is 13.0. The summed E-state index contributed by atoms with van der Waals surface area (Å²) >= 11 is 0. The minimum absolute atomic E-state index is 0.237. The molecule has 1 saturated heterocycles. The summed E-state index contributed by atoms with van der Waals surface area (Å²) in [6, 6.07) is 10.7. The van der Waals surface area contributed by atoms with Crippen LogP contribution in [0.5, 0.6) is 0 Å². The summed E-state index contributed by atoms with van der Waals surface area (Å²) in [6.45, 7) is 6.35. The molecule has 3 aromatic rings. The van der Waals surface area contributed by atoms with Gasteiger partial charge in [-0.2, -0.15) is 0 Å². The molecular weight excluding hydrogens is 348 g/mol. The molecule has 0 aliphatic carbocycles. The fourth-order valence-corrected chi connectivity index (χ4v) is 4.62. The van der Waals surface area contributed by atoms with E-state index in [1.54, 1.807) is 0 Å². The average molecular weight is 374 g/mol. The first-order chi connectivity index (χ1) is 13.7. The number of piperazine rings is 1. The number of carbonyl (C=O) groups is 1. The van der Waals surface area contributed by atoms with Gasteiger partial charge in [-0.1, -0.05) is 18.2 Å². The molecule has 0 N–H and O–H groups in total. The van der Waals surface area contributed by atoms with Gasteiger partial charge in [-0.05, 0) is 48.6 Å². The third-order valence-electron chi connectivity index (χ3n) is 6.11. The molecule has 1 aromatic carbocycles. The van der Waals surface area contributed by atoms with Gasteiger partial charge in [-0.3, -0.25) is 4.79 Å². The van der Waals surface area contributed by atoms with E-state index in [9.17, 15) is 4.79 Å². The molecule has 2 aliphatic heterocycles. The number of aromatic nitrogens is 2. The lowest BCUT2D eigenvalue weighted by Crippen LogP contribution is -2.49. The number of nitrogens with zero attached hydrogens (tertiary/aromatic N) is 4. The molecule has 0 bridgehead atoms. The molecule has 28 heavy (non-hydrogen) atoms. The van der Waals surface area contributed by atoms with E-state index in [0.717, 1.165) is 45.0 Å². The van der Waals surface area contributed by atoms with Gasteiger partial charge in [0, 0.05) is 50.5 Å². The van der Waals surface area contributed by atoms with Crippen LogP contribution in [-0.4, -0.2) is 46.5 Å². The van der Waals surface area contributed by atoms with Crippen molar-refractivity contribution < 1.29 is 4.79 Å². The van der Waals surface area contributed by atoms with Gasteiger partial charge in [0.25, 0.3) is 0 Å². The van der Waals surface area contributed by atoms with Crippen molar-refractivity contribution in [3.8, 4) is 0 Å². The SMILES string of the molecule is Cc1ccnc(N2CCN(C(=O)Cc3cn4c5c(cccc35)CCC4)CC2)c1. The van der Waals surface area contributed by atoms with Gasteiger partial charge in [0.05, 0.1) is 11.9 Å². The Kier molecular flexibility index (Phi) is 4.30. The number of amides is 1. The molecule has 2 aliphatic rings. The van der Waals surface area contributed by atoms with Gasteiger partial charge in [-0.15, -0.1) is 0 Å². The van der Waals surface area contributed by atoms with Crippen LogP contribution in [0, 0.1) is 6.92 Å². The lowest BCUT2D eigenvalue weighted by molar-refractivity contribution is -0.130. The summed E-state index contributed by atoms with van der Waals surface area (Å²) in [5, 5.41) is 1.26. The van der Waals surface area contributed by atoms with Crippen LogP contribution in [0.2, 0.25) is 0 Å². The monoisotopic (exact) mass is 374 g/mol. The number of carbonyl (C=O) groups excluding carboxylic acids is 1. The Balaban J connectivity index is 1.29. The number of hydrogen-bond donors (Lipinski definition) is 0. The first kappa shape index (κ1) is 17.3. The highest BCUT2D eigenvalue weighted by molar-refractivity contribution is 5.91. The van der Waals surface area contributed by atoms with E-state index >= 15 is 0 Å².